The van der Waals surface area contributed by atoms with E-state index in [1.165, 1.54) is 0 Å². The second-order valence-corrected chi connectivity index (χ2v) is 6.01. The van der Waals surface area contributed by atoms with Gasteiger partial charge in [-0.3, -0.25) is 9.59 Å². The molecule has 136 valence electrons. The number of benzene rings is 1. The molecule has 0 spiro atoms. The number of nitrogens with zero attached hydrogens (tertiary/aromatic N) is 1. The summed E-state index contributed by atoms with van der Waals surface area (Å²) in [7, 11) is 0. The van der Waals surface area contributed by atoms with E-state index in [0.717, 1.165) is 25.7 Å². The summed E-state index contributed by atoms with van der Waals surface area (Å²) >= 11 is 0. The smallest absolute Gasteiger partial charge is 0.328 e. The number of carbonyl (C=O) groups is 2. The first kappa shape index (κ1) is 20.7. The summed E-state index contributed by atoms with van der Waals surface area (Å²) in [5, 5.41) is 8.81. The summed E-state index contributed by atoms with van der Waals surface area (Å²) < 4.78 is 10.7. The van der Waals surface area contributed by atoms with Crippen LogP contribution in [-0.2, 0) is 14.3 Å². The molecule has 0 N–H and O–H groups in total. The van der Waals surface area contributed by atoms with Crippen molar-refractivity contribution < 1.29 is 19.1 Å². The minimum Gasteiger partial charge on any atom is -0.465 e. The van der Waals surface area contributed by atoms with Crippen molar-refractivity contribution in [3.63, 3.8) is 0 Å². The van der Waals surface area contributed by atoms with E-state index < -0.39 is 17.4 Å². The van der Waals surface area contributed by atoms with Gasteiger partial charge in [0.25, 0.3) is 0 Å². The van der Waals surface area contributed by atoms with Crippen LogP contribution in [0.4, 0.5) is 0 Å². The minimum absolute atomic E-state index is 0.311. The fourth-order valence-corrected chi connectivity index (χ4v) is 2.54. The molecule has 0 unspecified atom stereocenters. The van der Waals surface area contributed by atoms with E-state index in [-0.39, 0.29) is 0 Å². The quantitative estimate of drug-likeness (QED) is 0.272. The molecule has 0 heterocycles. The Morgan fingerprint density at radius 2 is 1.64 bits per heavy atom. The summed E-state index contributed by atoms with van der Waals surface area (Å²) in [5.41, 5.74) is -0.818. The molecule has 0 aliphatic heterocycles. The standard InChI is InChI=1S/C20H27NO4/c1-4-7-8-9-14-24-18(22)20(5-2,6-3)19(23)25-17-12-10-16(15-21)11-13-17/h10-13H,4-9,14H2,1-3H3. The van der Waals surface area contributed by atoms with Crippen LogP contribution in [0.5, 0.6) is 5.75 Å². The van der Waals surface area contributed by atoms with Crippen molar-refractivity contribution in [2.75, 3.05) is 6.61 Å². The van der Waals surface area contributed by atoms with E-state index >= 15 is 0 Å². The fraction of sp³-hybridized carbons (Fsp3) is 0.550. The lowest BCUT2D eigenvalue weighted by Crippen LogP contribution is -2.42. The van der Waals surface area contributed by atoms with Gasteiger partial charge in [-0.2, -0.15) is 5.26 Å². The predicted molar refractivity (Wildman–Crippen MR) is 94.9 cm³/mol. The highest BCUT2D eigenvalue weighted by Gasteiger charge is 2.46. The number of esters is 2. The van der Waals surface area contributed by atoms with Crippen LogP contribution in [0.1, 0.15) is 64.9 Å². The van der Waals surface area contributed by atoms with Crippen molar-refractivity contribution in [1.82, 2.24) is 0 Å². The van der Waals surface area contributed by atoms with Crippen LogP contribution in [0.25, 0.3) is 0 Å². The lowest BCUT2D eigenvalue weighted by molar-refractivity contribution is -0.168. The third kappa shape index (κ3) is 5.60. The highest BCUT2D eigenvalue weighted by Crippen LogP contribution is 2.31. The molecule has 0 saturated heterocycles. The first-order valence-corrected chi connectivity index (χ1v) is 8.93. The van der Waals surface area contributed by atoms with Crippen LogP contribution < -0.4 is 4.74 Å². The first-order valence-electron chi connectivity index (χ1n) is 8.93. The van der Waals surface area contributed by atoms with Gasteiger partial charge in [-0.1, -0.05) is 40.0 Å². The number of unbranched alkanes of at least 4 members (excludes halogenated alkanes) is 3. The van der Waals surface area contributed by atoms with Gasteiger partial charge in [0.1, 0.15) is 5.75 Å². The van der Waals surface area contributed by atoms with Gasteiger partial charge in [-0.15, -0.1) is 0 Å². The molecule has 1 aromatic rings. The predicted octanol–water partition coefficient (Wildman–Crippen LogP) is 4.39. The zero-order valence-electron chi connectivity index (χ0n) is 15.3. The highest BCUT2D eigenvalue weighted by atomic mass is 16.6. The molecule has 0 amide bonds. The topological polar surface area (TPSA) is 76.4 Å². The Kier molecular flexibility index (Phi) is 8.69. The SMILES string of the molecule is CCCCCCOC(=O)C(CC)(CC)C(=O)Oc1ccc(C#N)cc1. The lowest BCUT2D eigenvalue weighted by Gasteiger charge is -2.26. The fourth-order valence-electron chi connectivity index (χ4n) is 2.54. The molecule has 5 nitrogen and oxygen atoms in total. The number of rotatable bonds is 10. The molecule has 0 bridgehead atoms. The molecule has 0 aromatic heterocycles. The Bertz CT molecular complexity index is 597. The van der Waals surface area contributed by atoms with Gasteiger partial charge in [0.15, 0.2) is 5.41 Å². The van der Waals surface area contributed by atoms with Crippen LogP contribution in [0.3, 0.4) is 0 Å². The van der Waals surface area contributed by atoms with Gasteiger partial charge >= 0.3 is 11.9 Å². The summed E-state index contributed by atoms with van der Waals surface area (Å²) in [4.78, 5) is 25.2. The third-order valence-corrected chi connectivity index (χ3v) is 4.41. The Morgan fingerprint density at radius 3 is 2.16 bits per heavy atom. The van der Waals surface area contributed by atoms with Gasteiger partial charge < -0.3 is 9.47 Å². The molecule has 0 atom stereocenters. The Balaban J connectivity index is 2.75. The van der Waals surface area contributed by atoms with Gasteiger partial charge in [-0.25, -0.2) is 0 Å². The third-order valence-electron chi connectivity index (χ3n) is 4.41. The van der Waals surface area contributed by atoms with E-state index in [1.54, 1.807) is 38.1 Å². The van der Waals surface area contributed by atoms with Gasteiger partial charge in [0.05, 0.1) is 18.2 Å². The van der Waals surface area contributed by atoms with Crippen LogP contribution in [0.15, 0.2) is 24.3 Å². The molecule has 0 saturated carbocycles. The zero-order chi connectivity index (χ0) is 18.7. The molecule has 0 radical (unpaired) electrons. The van der Waals surface area contributed by atoms with Crippen LogP contribution in [0.2, 0.25) is 0 Å². The summed E-state index contributed by atoms with van der Waals surface area (Å²) in [6.07, 6.45) is 4.64. The van der Waals surface area contributed by atoms with Crippen molar-refractivity contribution >= 4 is 11.9 Å². The van der Waals surface area contributed by atoms with Crippen molar-refractivity contribution in [2.45, 2.75) is 59.3 Å². The normalized spacial score (nSPS) is 10.8. The van der Waals surface area contributed by atoms with Crippen LogP contribution in [0, 0.1) is 16.7 Å². The second kappa shape index (κ2) is 10.5. The van der Waals surface area contributed by atoms with Gasteiger partial charge in [0.2, 0.25) is 0 Å². The number of hydrogen-bond donors (Lipinski definition) is 0. The Hall–Kier alpha value is -2.35. The average molecular weight is 345 g/mol. The maximum absolute atomic E-state index is 12.6. The lowest BCUT2D eigenvalue weighted by atomic mass is 9.82. The maximum atomic E-state index is 12.6. The van der Waals surface area contributed by atoms with Crippen molar-refractivity contribution in [3.05, 3.63) is 29.8 Å². The van der Waals surface area contributed by atoms with Gasteiger partial charge in [0, 0.05) is 0 Å². The molecular weight excluding hydrogens is 318 g/mol. The van der Waals surface area contributed by atoms with Gasteiger partial charge in [-0.05, 0) is 43.5 Å². The molecule has 25 heavy (non-hydrogen) atoms. The monoisotopic (exact) mass is 345 g/mol. The van der Waals surface area contributed by atoms with Crippen molar-refractivity contribution in [1.29, 1.82) is 5.26 Å². The van der Waals surface area contributed by atoms with Crippen molar-refractivity contribution in [3.8, 4) is 11.8 Å². The van der Waals surface area contributed by atoms with E-state index in [1.807, 2.05) is 6.07 Å². The zero-order valence-corrected chi connectivity index (χ0v) is 15.3. The summed E-state index contributed by atoms with van der Waals surface area (Å²) in [6.45, 7) is 6.00. The number of ether oxygens (including phenoxy) is 2. The summed E-state index contributed by atoms with van der Waals surface area (Å²) in [6, 6.07) is 8.22. The molecule has 1 rings (SSSR count). The molecule has 0 aliphatic carbocycles. The molecule has 5 heteroatoms. The molecule has 1 aromatic carbocycles. The largest absolute Gasteiger partial charge is 0.465 e. The van der Waals surface area contributed by atoms with E-state index in [4.69, 9.17) is 14.7 Å². The number of hydrogen-bond acceptors (Lipinski definition) is 5. The minimum atomic E-state index is -1.29. The van der Waals surface area contributed by atoms with E-state index in [9.17, 15) is 9.59 Å². The average Bonchev–Trinajstić information content (AvgIpc) is 2.63. The van der Waals surface area contributed by atoms with Crippen LogP contribution >= 0.6 is 0 Å². The molecular formula is C20H27NO4. The number of carbonyl (C=O) groups excluding carboxylic acids is 2. The highest BCUT2D eigenvalue weighted by molar-refractivity contribution is 6.00. The first-order chi connectivity index (χ1) is 12.0. The van der Waals surface area contributed by atoms with E-state index in [0.29, 0.717) is 30.8 Å². The maximum Gasteiger partial charge on any atom is 0.328 e. The number of nitriles is 1. The van der Waals surface area contributed by atoms with Crippen LogP contribution in [-0.4, -0.2) is 18.5 Å². The molecule has 0 fully saturated rings. The Labute approximate surface area is 149 Å². The second-order valence-electron chi connectivity index (χ2n) is 6.01. The van der Waals surface area contributed by atoms with E-state index in [2.05, 4.69) is 6.92 Å². The Morgan fingerprint density at radius 1 is 1.00 bits per heavy atom. The summed E-state index contributed by atoms with van der Waals surface area (Å²) in [5.74, 6) is -0.820. The molecule has 0 aliphatic rings. The van der Waals surface area contributed by atoms with Crippen molar-refractivity contribution in [2.24, 2.45) is 5.41 Å².